The Hall–Kier alpha value is -4.19. The number of fused-ring (bicyclic) bond motifs is 1. The van der Waals surface area contributed by atoms with Crippen molar-refractivity contribution in [3.05, 3.63) is 93.3 Å². The van der Waals surface area contributed by atoms with E-state index in [0.717, 1.165) is 30.3 Å². The quantitative estimate of drug-likeness (QED) is 0.252. The van der Waals surface area contributed by atoms with Crippen LogP contribution >= 0.6 is 11.6 Å². The number of nitrogens with one attached hydrogen (secondary N) is 1. The summed E-state index contributed by atoms with van der Waals surface area (Å²) >= 11 is 5.93. The van der Waals surface area contributed by atoms with Crippen LogP contribution in [0.25, 0.3) is 11.0 Å². The molecule has 1 N–H and O–H groups in total. The molecule has 0 atom stereocenters. The Balaban J connectivity index is 1.60. The highest BCUT2D eigenvalue weighted by atomic mass is 35.5. The fourth-order valence-electron chi connectivity index (χ4n) is 3.34. The minimum Gasteiger partial charge on any atom is -0.484 e. The lowest BCUT2D eigenvalue weighted by molar-refractivity contribution is -0.154. The van der Waals surface area contributed by atoms with Gasteiger partial charge in [0.25, 0.3) is 11.7 Å². The largest absolute Gasteiger partial charge is 0.484 e. The van der Waals surface area contributed by atoms with Gasteiger partial charge in [-0.1, -0.05) is 35.9 Å². The molecule has 0 aliphatic heterocycles. The van der Waals surface area contributed by atoms with Gasteiger partial charge in [-0.05, 0) is 36.4 Å². The van der Waals surface area contributed by atoms with Crippen LogP contribution in [-0.4, -0.2) is 12.5 Å². The Labute approximate surface area is 214 Å². The number of amides is 1. The van der Waals surface area contributed by atoms with Crippen molar-refractivity contribution in [3.63, 3.8) is 0 Å². The summed E-state index contributed by atoms with van der Waals surface area (Å²) in [6.45, 7) is -0.790. The van der Waals surface area contributed by atoms with Crippen LogP contribution in [0.5, 0.6) is 17.2 Å². The Morgan fingerprint density at radius 2 is 1.61 bits per heavy atom. The Morgan fingerprint density at radius 3 is 2.29 bits per heavy atom. The Morgan fingerprint density at radius 1 is 0.921 bits per heavy atom. The van der Waals surface area contributed by atoms with Crippen molar-refractivity contribution in [1.29, 1.82) is 0 Å². The molecular weight excluding hydrogens is 544 g/mol. The fourth-order valence-corrected chi connectivity index (χ4v) is 3.51. The number of anilines is 1. The number of carbonyl (C=O) groups is 1. The Bertz CT molecular complexity index is 1560. The molecule has 38 heavy (non-hydrogen) atoms. The van der Waals surface area contributed by atoms with Crippen LogP contribution in [0.15, 0.2) is 75.9 Å². The average Bonchev–Trinajstić information content (AvgIpc) is 2.84. The first-order chi connectivity index (χ1) is 17.8. The maximum atomic E-state index is 13.7. The number of halogens is 7. The SMILES string of the molecule is O=C(COc1ccc2c(=O)c(Oc3ccccc3Cl)c(C(F)(F)F)oc2c1)Nc1ccccc1C(F)(F)F. The highest BCUT2D eigenvalue weighted by Crippen LogP contribution is 2.40. The Kier molecular flexibility index (Phi) is 7.27. The van der Waals surface area contributed by atoms with Crippen LogP contribution in [0.1, 0.15) is 11.3 Å². The molecule has 4 aromatic rings. The van der Waals surface area contributed by atoms with E-state index in [2.05, 4.69) is 5.32 Å². The third kappa shape index (κ3) is 5.86. The first kappa shape index (κ1) is 26.9. The van der Waals surface area contributed by atoms with E-state index in [4.69, 9.17) is 25.5 Å². The standard InChI is InChI=1S/C25H14ClF6NO5/c26-16-6-2-4-8-18(16)37-22-21(35)14-10-9-13(11-19(14)38-23(22)25(30,31)32)36-12-20(34)33-17-7-3-1-5-15(17)24(27,28)29/h1-11H,12H2,(H,33,34). The molecular formula is C25H14ClF6NO5. The second-order valence-electron chi connectivity index (χ2n) is 7.66. The molecule has 1 amide bonds. The molecule has 0 radical (unpaired) electrons. The second kappa shape index (κ2) is 10.3. The number of hydrogen-bond donors (Lipinski definition) is 1. The van der Waals surface area contributed by atoms with Crippen molar-refractivity contribution < 1.29 is 45.0 Å². The van der Waals surface area contributed by atoms with Crippen LogP contribution in [0.4, 0.5) is 32.0 Å². The lowest BCUT2D eigenvalue weighted by Crippen LogP contribution is -2.22. The predicted octanol–water partition coefficient (Wildman–Crippen LogP) is 7.29. The summed E-state index contributed by atoms with van der Waals surface area (Å²) in [7, 11) is 0. The first-order valence-electron chi connectivity index (χ1n) is 10.5. The minimum atomic E-state index is -5.13. The molecule has 1 heterocycles. The van der Waals surface area contributed by atoms with E-state index in [9.17, 15) is 35.9 Å². The third-order valence-electron chi connectivity index (χ3n) is 5.00. The molecule has 0 bridgehead atoms. The maximum absolute atomic E-state index is 13.7. The zero-order valence-electron chi connectivity index (χ0n) is 18.7. The average molecular weight is 558 g/mol. The molecule has 0 saturated carbocycles. The molecule has 13 heteroatoms. The lowest BCUT2D eigenvalue weighted by atomic mass is 10.1. The van der Waals surface area contributed by atoms with E-state index in [0.29, 0.717) is 0 Å². The van der Waals surface area contributed by atoms with E-state index in [1.807, 2.05) is 0 Å². The van der Waals surface area contributed by atoms with Crippen LogP contribution in [0.2, 0.25) is 5.02 Å². The third-order valence-corrected chi connectivity index (χ3v) is 5.32. The van der Waals surface area contributed by atoms with E-state index < -0.39 is 58.6 Å². The van der Waals surface area contributed by atoms with Gasteiger partial charge in [0.1, 0.15) is 17.1 Å². The summed E-state index contributed by atoms with van der Waals surface area (Å²) < 4.78 is 95.8. The molecule has 0 aliphatic carbocycles. The van der Waals surface area contributed by atoms with Crippen molar-refractivity contribution in [2.75, 3.05) is 11.9 Å². The molecule has 0 unspecified atom stereocenters. The number of benzene rings is 3. The highest BCUT2D eigenvalue weighted by Gasteiger charge is 2.41. The monoisotopic (exact) mass is 557 g/mol. The zero-order valence-corrected chi connectivity index (χ0v) is 19.5. The van der Waals surface area contributed by atoms with Crippen LogP contribution in [0, 0.1) is 0 Å². The molecule has 1 aromatic heterocycles. The van der Waals surface area contributed by atoms with Crippen molar-refractivity contribution >= 4 is 34.2 Å². The molecule has 0 saturated heterocycles. The highest BCUT2D eigenvalue weighted by molar-refractivity contribution is 6.32. The molecule has 198 valence electrons. The van der Waals surface area contributed by atoms with Gasteiger partial charge in [0.05, 0.1) is 21.7 Å². The van der Waals surface area contributed by atoms with Crippen molar-refractivity contribution in [2.45, 2.75) is 12.4 Å². The summed E-state index contributed by atoms with van der Waals surface area (Å²) in [6, 6.07) is 13.0. The topological polar surface area (TPSA) is 77.8 Å². The smallest absolute Gasteiger partial charge is 0.453 e. The van der Waals surface area contributed by atoms with E-state index in [-0.39, 0.29) is 21.9 Å². The normalized spacial score (nSPS) is 11.9. The number of para-hydroxylation sites is 2. The fraction of sp³-hybridized carbons (Fsp3) is 0.120. The number of ether oxygens (including phenoxy) is 2. The first-order valence-corrected chi connectivity index (χ1v) is 10.9. The van der Waals surface area contributed by atoms with Crippen LogP contribution in [0.3, 0.4) is 0 Å². The van der Waals surface area contributed by atoms with E-state index in [1.165, 1.54) is 36.4 Å². The summed E-state index contributed by atoms with van der Waals surface area (Å²) in [6.07, 6.45) is -9.85. The molecule has 6 nitrogen and oxygen atoms in total. The van der Waals surface area contributed by atoms with E-state index in [1.54, 1.807) is 0 Å². The molecule has 0 aliphatic rings. The maximum Gasteiger partial charge on any atom is 0.453 e. The van der Waals surface area contributed by atoms with Crippen molar-refractivity contribution in [3.8, 4) is 17.2 Å². The van der Waals surface area contributed by atoms with Gasteiger partial charge >= 0.3 is 12.4 Å². The van der Waals surface area contributed by atoms with Crippen molar-refractivity contribution in [1.82, 2.24) is 0 Å². The predicted molar refractivity (Wildman–Crippen MR) is 125 cm³/mol. The lowest BCUT2D eigenvalue weighted by Gasteiger charge is -2.15. The van der Waals surface area contributed by atoms with Gasteiger partial charge < -0.3 is 19.2 Å². The number of hydrogen-bond acceptors (Lipinski definition) is 5. The summed E-state index contributed by atoms with van der Waals surface area (Å²) in [5, 5.41) is 1.73. The second-order valence-corrected chi connectivity index (χ2v) is 8.07. The van der Waals surface area contributed by atoms with Crippen LogP contribution in [-0.2, 0) is 17.1 Å². The number of rotatable bonds is 6. The van der Waals surface area contributed by atoms with Gasteiger partial charge in [0, 0.05) is 6.07 Å². The van der Waals surface area contributed by atoms with Gasteiger partial charge in [-0.15, -0.1) is 0 Å². The summed E-state index contributed by atoms with van der Waals surface area (Å²) in [5.74, 6) is -4.22. The van der Waals surface area contributed by atoms with Gasteiger partial charge in [-0.2, -0.15) is 26.3 Å². The van der Waals surface area contributed by atoms with Crippen molar-refractivity contribution in [2.24, 2.45) is 0 Å². The van der Waals surface area contributed by atoms with Crippen LogP contribution < -0.4 is 20.2 Å². The molecule has 0 spiro atoms. The summed E-state index contributed by atoms with van der Waals surface area (Å²) in [4.78, 5) is 25.0. The molecule has 0 fully saturated rings. The summed E-state index contributed by atoms with van der Waals surface area (Å²) in [5.41, 5.74) is -3.25. The molecule has 4 rings (SSSR count). The molecule has 3 aromatic carbocycles. The number of carbonyl (C=O) groups excluding carboxylic acids is 1. The zero-order chi connectivity index (χ0) is 27.7. The van der Waals surface area contributed by atoms with Gasteiger partial charge in [-0.25, -0.2) is 0 Å². The van der Waals surface area contributed by atoms with Gasteiger partial charge in [0.2, 0.25) is 11.2 Å². The number of alkyl halides is 6. The minimum absolute atomic E-state index is 0.0417. The van der Waals surface area contributed by atoms with Gasteiger partial charge in [-0.3, -0.25) is 9.59 Å². The van der Waals surface area contributed by atoms with E-state index >= 15 is 0 Å². The van der Waals surface area contributed by atoms with Gasteiger partial charge in [0.15, 0.2) is 6.61 Å².